The fourth-order valence-electron chi connectivity index (χ4n) is 2.80. The highest BCUT2D eigenvalue weighted by molar-refractivity contribution is 7.88. The number of nitrogens with one attached hydrogen (secondary N) is 1. The minimum Gasteiger partial charge on any atom is -0.460 e. The molecule has 0 fully saturated rings. The normalized spacial score (nSPS) is 11.8. The van der Waals surface area contributed by atoms with Gasteiger partial charge in [0, 0.05) is 29.3 Å². The van der Waals surface area contributed by atoms with Crippen LogP contribution in [-0.2, 0) is 21.4 Å². The first kappa shape index (κ1) is 23.5. The van der Waals surface area contributed by atoms with E-state index in [0.29, 0.717) is 27.8 Å². The fraction of sp³-hybridized carbons (Fsp3) is 0.130. The molecule has 0 spiro atoms. The first-order valence-corrected chi connectivity index (χ1v) is 11.7. The number of ketones is 1. The molecule has 3 rings (SSSR count). The van der Waals surface area contributed by atoms with Gasteiger partial charge in [-0.05, 0) is 36.4 Å². The zero-order valence-corrected chi connectivity index (χ0v) is 19.0. The second-order valence-corrected chi connectivity index (χ2v) is 9.56. The van der Waals surface area contributed by atoms with Crippen molar-refractivity contribution in [1.29, 1.82) is 0 Å². The van der Waals surface area contributed by atoms with E-state index in [1.54, 1.807) is 48.5 Å². The first-order valence-electron chi connectivity index (χ1n) is 9.52. The SMILES string of the molecule is CN(Cc1ccc(/C=C/C(=O)Nc2ccc(Cl)cc2C(=O)c2ccccc2)o1)S(C)(=O)=O. The van der Waals surface area contributed by atoms with E-state index in [1.807, 2.05) is 6.07 Å². The van der Waals surface area contributed by atoms with Crippen LogP contribution < -0.4 is 5.32 Å². The van der Waals surface area contributed by atoms with Gasteiger partial charge in [-0.25, -0.2) is 8.42 Å². The molecule has 7 nitrogen and oxygen atoms in total. The summed E-state index contributed by atoms with van der Waals surface area (Å²) >= 11 is 6.06. The zero-order chi connectivity index (χ0) is 23.3. The van der Waals surface area contributed by atoms with E-state index in [2.05, 4.69) is 5.32 Å². The summed E-state index contributed by atoms with van der Waals surface area (Å²) in [5.41, 5.74) is 1.07. The number of carbonyl (C=O) groups is 2. The summed E-state index contributed by atoms with van der Waals surface area (Å²) in [5.74, 6) is 0.0823. The molecule has 0 bridgehead atoms. The summed E-state index contributed by atoms with van der Waals surface area (Å²) in [6.07, 6.45) is 3.82. The standard InChI is InChI=1S/C23H21ClN2O5S/c1-26(32(2,29)30)15-19-10-9-18(31-19)11-13-22(27)25-21-12-8-17(24)14-20(21)23(28)16-6-4-3-5-7-16/h3-14H,15H2,1-2H3,(H,25,27)/b13-11+. The van der Waals surface area contributed by atoms with Gasteiger partial charge >= 0.3 is 0 Å². The quantitative estimate of drug-likeness (QED) is 0.391. The Bertz CT molecular complexity index is 1270. The number of hydrogen-bond acceptors (Lipinski definition) is 5. The van der Waals surface area contributed by atoms with Crippen molar-refractivity contribution in [2.24, 2.45) is 0 Å². The van der Waals surface area contributed by atoms with Crippen LogP contribution in [0.3, 0.4) is 0 Å². The van der Waals surface area contributed by atoms with Crippen molar-refractivity contribution in [2.75, 3.05) is 18.6 Å². The van der Waals surface area contributed by atoms with E-state index in [1.165, 1.54) is 25.3 Å². The van der Waals surface area contributed by atoms with Crippen molar-refractivity contribution in [3.8, 4) is 0 Å². The van der Waals surface area contributed by atoms with Crippen LogP contribution in [0.25, 0.3) is 6.08 Å². The van der Waals surface area contributed by atoms with Crippen LogP contribution in [0, 0.1) is 0 Å². The van der Waals surface area contributed by atoms with Crippen LogP contribution in [0.1, 0.15) is 27.4 Å². The number of amides is 1. The lowest BCUT2D eigenvalue weighted by Gasteiger charge is -2.11. The van der Waals surface area contributed by atoms with Gasteiger partial charge in [0.2, 0.25) is 15.9 Å². The average molecular weight is 473 g/mol. The molecule has 3 aromatic rings. The number of sulfonamides is 1. The van der Waals surface area contributed by atoms with E-state index < -0.39 is 15.9 Å². The average Bonchev–Trinajstić information content (AvgIpc) is 3.20. The Hall–Kier alpha value is -3.20. The summed E-state index contributed by atoms with van der Waals surface area (Å²) in [5, 5.41) is 3.06. The highest BCUT2D eigenvalue weighted by Crippen LogP contribution is 2.24. The zero-order valence-electron chi connectivity index (χ0n) is 17.4. The lowest BCUT2D eigenvalue weighted by Crippen LogP contribution is -2.24. The second-order valence-electron chi connectivity index (χ2n) is 7.03. The predicted octanol–water partition coefficient (Wildman–Crippen LogP) is 4.21. The molecular weight excluding hydrogens is 452 g/mol. The van der Waals surface area contributed by atoms with E-state index >= 15 is 0 Å². The molecule has 0 saturated carbocycles. The fourth-order valence-corrected chi connectivity index (χ4v) is 3.33. The van der Waals surface area contributed by atoms with E-state index in [0.717, 1.165) is 10.6 Å². The van der Waals surface area contributed by atoms with Gasteiger partial charge < -0.3 is 9.73 Å². The molecule has 0 atom stereocenters. The summed E-state index contributed by atoms with van der Waals surface area (Å²) in [7, 11) is -1.89. The summed E-state index contributed by atoms with van der Waals surface area (Å²) in [6.45, 7) is 0.0780. The number of furan rings is 1. The maximum absolute atomic E-state index is 12.9. The van der Waals surface area contributed by atoms with Crippen LogP contribution >= 0.6 is 11.6 Å². The third-order valence-corrected chi connectivity index (χ3v) is 6.04. The number of rotatable bonds is 8. The van der Waals surface area contributed by atoms with Gasteiger partial charge in [-0.15, -0.1) is 0 Å². The lowest BCUT2D eigenvalue weighted by atomic mass is 10.0. The van der Waals surface area contributed by atoms with E-state index in [-0.39, 0.29) is 17.9 Å². The van der Waals surface area contributed by atoms with Gasteiger partial charge in [-0.2, -0.15) is 4.31 Å². The second kappa shape index (κ2) is 9.95. The number of halogens is 1. The number of anilines is 1. The molecule has 1 amide bonds. The molecule has 0 aliphatic carbocycles. The largest absolute Gasteiger partial charge is 0.460 e. The highest BCUT2D eigenvalue weighted by Gasteiger charge is 2.16. The lowest BCUT2D eigenvalue weighted by molar-refractivity contribution is -0.111. The smallest absolute Gasteiger partial charge is 0.248 e. The molecule has 2 aromatic carbocycles. The number of hydrogen-bond donors (Lipinski definition) is 1. The van der Waals surface area contributed by atoms with Crippen LogP contribution in [-0.4, -0.2) is 37.7 Å². The van der Waals surface area contributed by atoms with Gasteiger partial charge in [0.05, 0.1) is 18.5 Å². The third kappa shape index (κ3) is 6.16. The first-order chi connectivity index (χ1) is 15.1. The van der Waals surface area contributed by atoms with Gasteiger partial charge in [0.25, 0.3) is 0 Å². The maximum Gasteiger partial charge on any atom is 0.248 e. The number of nitrogens with zero attached hydrogens (tertiary/aromatic N) is 1. The molecular formula is C23H21ClN2O5S. The molecule has 0 unspecified atom stereocenters. The van der Waals surface area contributed by atoms with Crippen LogP contribution in [0.15, 0.2) is 71.2 Å². The maximum atomic E-state index is 12.9. The molecule has 9 heteroatoms. The van der Waals surface area contributed by atoms with Crippen molar-refractivity contribution in [1.82, 2.24) is 4.31 Å². The Morgan fingerprint density at radius 2 is 1.81 bits per heavy atom. The molecule has 0 aliphatic rings. The molecule has 0 saturated heterocycles. The minimum atomic E-state index is -3.33. The van der Waals surface area contributed by atoms with Crippen molar-refractivity contribution < 1.29 is 22.4 Å². The van der Waals surface area contributed by atoms with E-state index in [4.69, 9.17) is 16.0 Å². The molecule has 1 heterocycles. The van der Waals surface area contributed by atoms with Crippen LogP contribution in [0.5, 0.6) is 0 Å². The van der Waals surface area contributed by atoms with Gasteiger partial charge in [0.1, 0.15) is 11.5 Å². The Labute approximate surface area is 191 Å². The summed E-state index contributed by atoms with van der Waals surface area (Å²) in [4.78, 5) is 25.3. The van der Waals surface area contributed by atoms with Gasteiger partial charge in [0.15, 0.2) is 5.78 Å². The molecule has 32 heavy (non-hydrogen) atoms. The predicted molar refractivity (Wildman–Crippen MR) is 124 cm³/mol. The topological polar surface area (TPSA) is 96.7 Å². The molecule has 166 valence electrons. The highest BCUT2D eigenvalue weighted by atomic mass is 35.5. The molecule has 0 radical (unpaired) electrons. The van der Waals surface area contributed by atoms with Crippen molar-refractivity contribution in [2.45, 2.75) is 6.54 Å². The Kier molecular flexibility index (Phi) is 7.29. The Balaban J connectivity index is 1.72. The van der Waals surface area contributed by atoms with Crippen LogP contribution in [0.2, 0.25) is 5.02 Å². The Morgan fingerprint density at radius 1 is 1.09 bits per heavy atom. The van der Waals surface area contributed by atoms with Crippen molar-refractivity contribution >= 4 is 45.1 Å². The number of carbonyl (C=O) groups excluding carboxylic acids is 2. The van der Waals surface area contributed by atoms with Gasteiger partial charge in [-0.3, -0.25) is 9.59 Å². The monoisotopic (exact) mass is 472 g/mol. The van der Waals surface area contributed by atoms with Gasteiger partial charge in [-0.1, -0.05) is 41.9 Å². The minimum absolute atomic E-state index is 0.0780. The summed E-state index contributed by atoms with van der Waals surface area (Å²) in [6, 6.07) is 16.6. The van der Waals surface area contributed by atoms with E-state index in [9.17, 15) is 18.0 Å². The number of benzene rings is 2. The van der Waals surface area contributed by atoms with Crippen LogP contribution in [0.4, 0.5) is 5.69 Å². The Morgan fingerprint density at radius 3 is 2.50 bits per heavy atom. The summed E-state index contributed by atoms with van der Waals surface area (Å²) < 4.78 is 29.7. The molecule has 0 aliphatic heterocycles. The molecule has 1 N–H and O–H groups in total. The molecule has 1 aromatic heterocycles. The van der Waals surface area contributed by atoms with Crippen molar-refractivity contribution in [3.63, 3.8) is 0 Å². The third-order valence-electron chi connectivity index (χ3n) is 4.55. The van der Waals surface area contributed by atoms with Crippen molar-refractivity contribution in [3.05, 3.63) is 94.4 Å².